The van der Waals surface area contributed by atoms with Gasteiger partial charge in [-0.2, -0.15) is 0 Å². The van der Waals surface area contributed by atoms with Crippen molar-refractivity contribution >= 4 is 22.6 Å². The van der Waals surface area contributed by atoms with Crippen LogP contribution in [0, 0.1) is 6.92 Å². The average Bonchev–Trinajstić information content (AvgIpc) is 3.34. The normalized spacial score (nSPS) is 18.7. The van der Waals surface area contributed by atoms with Crippen LogP contribution in [-0.4, -0.2) is 34.2 Å². The number of hydrogen-bond acceptors (Lipinski definition) is 4. The van der Waals surface area contributed by atoms with Gasteiger partial charge in [-0.1, -0.05) is 24.6 Å². The summed E-state index contributed by atoms with van der Waals surface area (Å²) in [6.07, 6.45) is 4.64. The Hall–Kier alpha value is -2.86. The number of amides is 1. The van der Waals surface area contributed by atoms with Crippen molar-refractivity contribution in [2.75, 3.05) is 13.1 Å². The fraction of sp³-hybridized carbons (Fsp3) is 0.440. The van der Waals surface area contributed by atoms with Gasteiger partial charge in [-0.05, 0) is 50.9 Å². The van der Waals surface area contributed by atoms with Crippen LogP contribution in [0.15, 0.2) is 40.8 Å². The molecule has 2 aliphatic rings. The minimum atomic E-state index is 0.0229. The Morgan fingerprint density at radius 2 is 2.06 bits per heavy atom. The van der Waals surface area contributed by atoms with Gasteiger partial charge in [0.05, 0.1) is 19.1 Å². The number of aryl methyl sites for hydroxylation is 2. The van der Waals surface area contributed by atoms with Crippen LogP contribution in [0.5, 0.6) is 0 Å². The monoisotopic (exact) mass is 419 g/mol. The molecule has 162 valence electrons. The Balaban J connectivity index is 1.34. The molecule has 0 aliphatic carbocycles. The third kappa shape index (κ3) is 3.81. The van der Waals surface area contributed by atoms with Gasteiger partial charge in [-0.25, -0.2) is 0 Å². The van der Waals surface area contributed by atoms with Crippen LogP contribution < -0.4 is 5.32 Å². The zero-order valence-electron chi connectivity index (χ0n) is 18.0. The van der Waals surface area contributed by atoms with E-state index in [1.54, 1.807) is 0 Å². The van der Waals surface area contributed by atoms with E-state index in [4.69, 9.17) is 4.42 Å². The summed E-state index contributed by atoms with van der Waals surface area (Å²) < 4.78 is 7.83. The van der Waals surface area contributed by atoms with Gasteiger partial charge >= 0.3 is 0 Å². The highest BCUT2D eigenvalue weighted by molar-refractivity contribution is 6.11. The Morgan fingerprint density at radius 1 is 1.19 bits per heavy atom. The second-order valence-corrected chi connectivity index (χ2v) is 8.73. The van der Waals surface area contributed by atoms with Gasteiger partial charge in [-0.3, -0.25) is 14.5 Å². The summed E-state index contributed by atoms with van der Waals surface area (Å²) in [5.74, 6) is 1.87. The maximum atomic E-state index is 13.0. The lowest BCUT2D eigenvalue weighted by Crippen LogP contribution is -2.42. The molecule has 0 spiro atoms. The summed E-state index contributed by atoms with van der Waals surface area (Å²) in [5, 5.41) is 4.00. The predicted octanol–water partition coefficient (Wildman–Crippen LogP) is 4.36. The maximum Gasteiger partial charge on any atom is 0.220 e. The first-order valence-electron chi connectivity index (χ1n) is 11.3. The number of carbonyl (C=O) groups excluding carboxylic acids is 2. The number of nitrogens with one attached hydrogen (secondary N) is 1. The second kappa shape index (κ2) is 8.35. The molecule has 1 atom stereocenters. The number of para-hydroxylation sites is 1. The maximum absolute atomic E-state index is 13.0. The summed E-state index contributed by atoms with van der Waals surface area (Å²) in [4.78, 5) is 27.8. The molecule has 31 heavy (non-hydrogen) atoms. The summed E-state index contributed by atoms with van der Waals surface area (Å²) in [6.45, 7) is 4.57. The minimum absolute atomic E-state index is 0.0229. The lowest BCUT2D eigenvalue weighted by Gasteiger charge is -2.39. The predicted molar refractivity (Wildman–Crippen MR) is 119 cm³/mol. The fourth-order valence-corrected chi connectivity index (χ4v) is 5.21. The molecule has 0 saturated carbocycles. The molecule has 0 radical (unpaired) electrons. The first kappa shape index (κ1) is 20.1. The van der Waals surface area contributed by atoms with E-state index in [2.05, 4.69) is 26.9 Å². The number of fused-ring (bicyclic) bond motifs is 5. The van der Waals surface area contributed by atoms with Crippen molar-refractivity contribution in [2.45, 2.75) is 58.2 Å². The second-order valence-electron chi connectivity index (χ2n) is 8.73. The molecule has 1 aromatic carbocycles. The molecule has 1 amide bonds. The molecule has 1 saturated heterocycles. The minimum Gasteiger partial charge on any atom is -0.465 e. The number of hydrogen-bond donors (Lipinski definition) is 1. The van der Waals surface area contributed by atoms with E-state index in [0.717, 1.165) is 60.3 Å². The van der Waals surface area contributed by atoms with Gasteiger partial charge in [-0.15, -0.1) is 0 Å². The molecule has 1 unspecified atom stereocenters. The molecular formula is C25H29N3O3. The molecule has 1 fully saturated rings. The molecule has 6 nitrogen and oxygen atoms in total. The first-order chi connectivity index (χ1) is 15.1. The Bertz CT molecular complexity index is 1130. The molecule has 2 aromatic heterocycles. The fourth-order valence-electron chi connectivity index (χ4n) is 5.21. The number of benzene rings is 1. The van der Waals surface area contributed by atoms with Crippen LogP contribution >= 0.6 is 0 Å². The third-order valence-electron chi connectivity index (χ3n) is 6.61. The van der Waals surface area contributed by atoms with E-state index in [0.29, 0.717) is 25.6 Å². The van der Waals surface area contributed by atoms with E-state index in [9.17, 15) is 9.59 Å². The van der Waals surface area contributed by atoms with Crippen molar-refractivity contribution in [1.29, 1.82) is 0 Å². The SMILES string of the molecule is Cc1ccc(CNC(=O)CCCn2c3c(c4ccccc42)C(=O)CN2CCCCC32)o1. The molecule has 4 heterocycles. The summed E-state index contributed by atoms with van der Waals surface area (Å²) in [7, 11) is 0. The van der Waals surface area contributed by atoms with Crippen LogP contribution in [0.1, 0.15) is 65.7 Å². The average molecular weight is 420 g/mol. The number of Topliss-reactive ketones (excluding diaryl/α,β-unsaturated/α-hetero) is 1. The Labute approximate surface area is 182 Å². The van der Waals surface area contributed by atoms with Gasteiger partial charge < -0.3 is 14.3 Å². The number of nitrogens with zero attached hydrogens (tertiary/aromatic N) is 2. The molecule has 0 bridgehead atoms. The molecule has 1 N–H and O–H groups in total. The van der Waals surface area contributed by atoms with E-state index < -0.39 is 0 Å². The number of rotatable bonds is 6. The number of aromatic nitrogens is 1. The topological polar surface area (TPSA) is 67.5 Å². The molecule has 2 aliphatic heterocycles. The van der Waals surface area contributed by atoms with Crippen LogP contribution in [0.4, 0.5) is 0 Å². The highest BCUT2D eigenvalue weighted by Crippen LogP contribution is 2.41. The summed E-state index contributed by atoms with van der Waals surface area (Å²) in [5.41, 5.74) is 3.19. The molecular weight excluding hydrogens is 390 g/mol. The number of ketones is 1. The zero-order chi connectivity index (χ0) is 21.4. The van der Waals surface area contributed by atoms with Crippen LogP contribution in [0.25, 0.3) is 10.9 Å². The Morgan fingerprint density at radius 3 is 2.90 bits per heavy atom. The smallest absolute Gasteiger partial charge is 0.220 e. The van der Waals surface area contributed by atoms with Crippen molar-refractivity contribution in [3.63, 3.8) is 0 Å². The molecule has 3 aromatic rings. The highest BCUT2D eigenvalue weighted by atomic mass is 16.3. The lowest BCUT2D eigenvalue weighted by atomic mass is 9.90. The van der Waals surface area contributed by atoms with Gasteiger partial charge in [0.2, 0.25) is 5.91 Å². The van der Waals surface area contributed by atoms with Crippen molar-refractivity contribution < 1.29 is 14.0 Å². The summed E-state index contributed by atoms with van der Waals surface area (Å²) in [6, 6.07) is 12.3. The van der Waals surface area contributed by atoms with Gasteiger partial charge in [0.15, 0.2) is 5.78 Å². The van der Waals surface area contributed by atoms with Crippen LogP contribution in [-0.2, 0) is 17.9 Å². The quantitative estimate of drug-likeness (QED) is 0.645. The van der Waals surface area contributed by atoms with Crippen molar-refractivity contribution in [2.24, 2.45) is 0 Å². The van der Waals surface area contributed by atoms with Crippen molar-refractivity contribution in [3.05, 3.63) is 59.2 Å². The number of furan rings is 1. The standard InChI is InChI=1S/C25H29N3O3/c1-17-11-12-18(31-17)15-26-23(30)10-6-14-28-20-8-3-2-7-19(20)24-22(29)16-27-13-5-4-9-21(27)25(24)28/h2-3,7-8,11-12,21H,4-6,9-10,13-16H2,1H3,(H,26,30). The van der Waals surface area contributed by atoms with Crippen molar-refractivity contribution in [1.82, 2.24) is 14.8 Å². The zero-order valence-corrected chi connectivity index (χ0v) is 18.0. The molecule has 6 heteroatoms. The largest absolute Gasteiger partial charge is 0.465 e. The first-order valence-corrected chi connectivity index (χ1v) is 11.3. The Kier molecular flexibility index (Phi) is 5.40. The van der Waals surface area contributed by atoms with Gasteiger partial charge in [0, 0.05) is 35.1 Å². The van der Waals surface area contributed by atoms with Crippen molar-refractivity contribution in [3.8, 4) is 0 Å². The van der Waals surface area contributed by atoms with E-state index in [1.165, 1.54) is 12.1 Å². The third-order valence-corrected chi connectivity index (χ3v) is 6.61. The number of carbonyl (C=O) groups is 2. The van der Waals surface area contributed by atoms with Gasteiger partial charge in [0.25, 0.3) is 0 Å². The lowest BCUT2D eigenvalue weighted by molar-refractivity contribution is -0.121. The van der Waals surface area contributed by atoms with Gasteiger partial charge in [0.1, 0.15) is 11.5 Å². The number of piperidine rings is 1. The van der Waals surface area contributed by atoms with E-state index in [1.807, 2.05) is 31.2 Å². The van der Waals surface area contributed by atoms with E-state index in [-0.39, 0.29) is 11.7 Å². The van der Waals surface area contributed by atoms with Crippen LogP contribution in [0.3, 0.4) is 0 Å². The van der Waals surface area contributed by atoms with Crippen LogP contribution in [0.2, 0.25) is 0 Å². The molecule has 5 rings (SSSR count). The van der Waals surface area contributed by atoms with E-state index >= 15 is 0 Å². The summed E-state index contributed by atoms with van der Waals surface area (Å²) >= 11 is 0. The highest BCUT2D eigenvalue weighted by Gasteiger charge is 2.38.